The summed E-state index contributed by atoms with van der Waals surface area (Å²) in [6, 6.07) is 0. The zero-order valence-electron chi connectivity index (χ0n) is 6.94. The smallest absolute Gasteiger partial charge is 0.155 e. The summed E-state index contributed by atoms with van der Waals surface area (Å²) in [5.41, 5.74) is 0. The lowest BCUT2D eigenvalue weighted by Gasteiger charge is -2.06. The first-order valence-electron chi connectivity index (χ1n) is 3.85. The van der Waals surface area contributed by atoms with Crippen molar-refractivity contribution in [2.24, 2.45) is 0 Å². The lowest BCUT2D eigenvalue weighted by Crippen LogP contribution is -2.25. The van der Waals surface area contributed by atoms with Crippen LogP contribution >= 0.6 is 11.6 Å². The van der Waals surface area contributed by atoms with Crippen molar-refractivity contribution in [2.45, 2.75) is 11.7 Å². The second-order valence-electron chi connectivity index (χ2n) is 3.08. The second kappa shape index (κ2) is 3.74. The van der Waals surface area contributed by atoms with Gasteiger partial charge in [0.15, 0.2) is 19.7 Å². The number of sulfone groups is 2. The topological polar surface area (TPSA) is 68.3 Å². The standard InChI is InChI=1S/C6H11ClO4S2/c7-2-4-13(10,11)6-1-3-12(8,9)5-6/h6H,1-5H2. The van der Waals surface area contributed by atoms with Gasteiger partial charge in [-0.15, -0.1) is 11.6 Å². The monoisotopic (exact) mass is 246 g/mol. The Morgan fingerprint density at radius 1 is 1.38 bits per heavy atom. The first-order chi connectivity index (χ1) is 5.87. The molecule has 1 unspecified atom stereocenters. The molecule has 1 rings (SSSR count). The first-order valence-corrected chi connectivity index (χ1v) is 7.92. The van der Waals surface area contributed by atoms with Gasteiger partial charge in [-0.05, 0) is 6.42 Å². The van der Waals surface area contributed by atoms with Crippen LogP contribution in [-0.2, 0) is 19.7 Å². The third-order valence-corrected chi connectivity index (χ3v) is 6.64. The van der Waals surface area contributed by atoms with Crippen LogP contribution in [0.5, 0.6) is 0 Å². The molecule has 0 saturated carbocycles. The number of hydrogen-bond donors (Lipinski definition) is 0. The molecule has 1 fully saturated rings. The van der Waals surface area contributed by atoms with E-state index in [-0.39, 0.29) is 29.6 Å². The van der Waals surface area contributed by atoms with Crippen molar-refractivity contribution in [3.63, 3.8) is 0 Å². The zero-order chi connectivity index (χ0) is 10.1. The highest BCUT2D eigenvalue weighted by atomic mass is 35.5. The van der Waals surface area contributed by atoms with Crippen LogP contribution in [0.3, 0.4) is 0 Å². The fraction of sp³-hybridized carbons (Fsp3) is 1.00. The van der Waals surface area contributed by atoms with Crippen LogP contribution in [0.2, 0.25) is 0 Å². The van der Waals surface area contributed by atoms with Gasteiger partial charge < -0.3 is 0 Å². The van der Waals surface area contributed by atoms with Gasteiger partial charge in [-0.25, -0.2) is 16.8 Å². The van der Waals surface area contributed by atoms with Gasteiger partial charge in [0.1, 0.15) is 0 Å². The molecule has 0 radical (unpaired) electrons. The van der Waals surface area contributed by atoms with E-state index in [1.165, 1.54) is 0 Å². The molecule has 0 aromatic carbocycles. The van der Waals surface area contributed by atoms with Crippen LogP contribution in [0.15, 0.2) is 0 Å². The Hall–Kier alpha value is 0.190. The summed E-state index contributed by atoms with van der Waals surface area (Å²) < 4.78 is 44.7. The molecule has 0 N–H and O–H groups in total. The Balaban J connectivity index is 2.77. The summed E-state index contributed by atoms with van der Waals surface area (Å²) in [6.07, 6.45) is 0.224. The molecule has 1 aliphatic heterocycles. The molecular weight excluding hydrogens is 236 g/mol. The van der Waals surface area contributed by atoms with Crippen molar-refractivity contribution >= 4 is 31.3 Å². The van der Waals surface area contributed by atoms with Crippen molar-refractivity contribution in [1.29, 1.82) is 0 Å². The molecule has 0 aromatic rings. The predicted octanol–water partition coefficient (Wildman–Crippen LogP) is -0.173. The fourth-order valence-corrected chi connectivity index (χ4v) is 6.13. The van der Waals surface area contributed by atoms with Crippen LogP contribution in [0.1, 0.15) is 6.42 Å². The van der Waals surface area contributed by atoms with Crippen molar-refractivity contribution in [1.82, 2.24) is 0 Å². The molecule has 1 saturated heterocycles. The lowest BCUT2D eigenvalue weighted by atomic mass is 10.4. The Kier molecular flexibility index (Phi) is 3.24. The van der Waals surface area contributed by atoms with Crippen molar-refractivity contribution in [3.05, 3.63) is 0 Å². The van der Waals surface area contributed by atoms with Gasteiger partial charge in [0.2, 0.25) is 0 Å². The maximum Gasteiger partial charge on any atom is 0.155 e. The predicted molar refractivity (Wildman–Crippen MR) is 51.6 cm³/mol. The Morgan fingerprint density at radius 3 is 2.38 bits per heavy atom. The van der Waals surface area contributed by atoms with Crippen molar-refractivity contribution < 1.29 is 16.8 Å². The summed E-state index contributed by atoms with van der Waals surface area (Å²) in [5, 5.41) is -0.726. The van der Waals surface area contributed by atoms with E-state index in [0.717, 1.165) is 0 Å². The molecule has 1 aliphatic rings. The maximum absolute atomic E-state index is 11.4. The van der Waals surface area contributed by atoms with Gasteiger partial charge in [0.05, 0.1) is 22.5 Å². The van der Waals surface area contributed by atoms with Gasteiger partial charge in [0.25, 0.3) is 0 Å². The molecule has 4 nitrogen and oxygen atoms in total. The van der Waals surface area contributed by atoms with Gasteiger partial charge >= 0.3 is 0 Å². The van der Waals surface area contributed by atoms with Gasteiger partial charge in [0, 0.05) is 5.88 Å². The average molecular weight is 247 g/mol. The van der Waals surface area contributed by atoms with E-state index < -0.39 is 24.9 Å². The molecular formula is C6H11ClO4S2. The third kappa shape index (κ3) is 2.82. The van der Waals surface area contributed by atoms with Crippen LogP contribution in [0.25, 0.3) is 0 Å². The van der Waals surface area contributed by atoms with Crippen LogP contribution in [0, 0.1) is 0 Å². The molecule has 1 heterocycles. The molecule has 0 aromatic heterocycles. The van der Waals surface area contributed by atoms with E-state index in [0.29, 0.717) is 0 Å². The van der Waals surface area contributed by atoms with E-state index in [1.54, 1.807) is 0 Å². The van der Waals surface area contributed by atoms with E-state index in [2.05, 4.69) is 0 Å². The number of rotatable bonds is 3. The van der Waals surface area contributed by atoms with Crippen LogP contribution < -0.4 is 0 Å². The Labute approximate surface area is 83.1 Å². The van der Waals surface area contributed by atoms with Crippen molar-refractivity contribution in [2.75, 3.05) is 23.1 Å². The van der Waals surface area contributed by atoms with Crippen molar-refractivity contribution in [3.8, 4) is 0 Å². The lowest BCUT2D eigenvalue weighted by molar-refractivity contribution is 0.583. The van der Waals surface area contributed by atoms with E-state index in [9.17, 15) is 16.8 Å². The molecule has 0 aliphatic carbocycles. The highest BCUT2D eigenvalue weighted by Crippen LogP contribution is 2.19. The van der Waals surface area contributed by atoms with Gasteiger partial charge in [-0.2, -0.15) is 0 Å². The van der Waals surface area contributed by atoms with E-state index >= 15 is 0 Å². The highest BCUT2D eigenvalue weighted by Gasteiger charge is 2.36. The Morgan fingerprint density at radius 2 is 2.00 bits per heavy atom. The fourth-order valence-electron chi connectivity index (χ4n) is 1.32. The first kappa shape index (κ1) is 11.3. The summed E-state index contributed by atoms with van der Waals surface area (Å²) in [4.78, 5) is 0. The summed E-state index contributed by atoms with van der Waals surface area (Å²) in [5.74, 6) is -0.348. The normalized spacial score (nSPS) is 27.6. The summed E-state index contributed by atoms with van der Waals surface area (Å²) in [6.45, 7) is 0. The minimum atomic E-state index is -3.29. The number of halogens is 1. The number of hydrogen-bond acceptors (Lipinski definition) is 4. The molecule has 1 atom stereocenters. The van der Waals surface area contributed by atoms with Crippen LogP contribution in [0.4, 0.5) is 0 Å². The minimum absolute atomic E-state index is 0.0147. The highest BCUT2D eigenvalue weighted by molar-refractivity contribution is 7.96. The zero-order valence-corrected chi connectivity index (χ0v) is 9.33. The summed E-state index contributed by atoms with van der Waals surface area (Å²) >= 11 is 5.31. The van der Waals surface area contributed by atoms with Gasteiger partial charge in [-0.1, -0.05) is 0 Å². The second-order valence-corrected chi connectivity index (χ2v) is 8.09. The third-order valence-electron chi connectivity index (χ3n) is 2.06. The van der Waals surface area contributed by atoms with E-state index in [1.807, 2.05) is 0 Å². The quantitative estimate of drug-likeness (QED) is 0.649. The molecule has 0 amide bonds. The minimum Gasteiger partial charge on any atom is -0.229 e. The maximum atomic E-state index is 11.4. The van der Waals surface area contributed by atoms with Crippen LogP contribution in [-0.4, -0.2) is 45.2 Å². The molecule has 7 heteroatoms. The van der Waals surface area contributed by atoms with E-state index in [4.69, 9.17) is 11.6 Å². The molecule has 13 heavy (non-hydrogen) atoms. The largest absolute Gasteiger partial charge is 0.229 e. The SMILES string of the molecule is O=S1(=O)CCC(S(=O)(=O)CCCl)C1. The van der Waals surface area contributed by atoms with Gasteiger partial charge in [-0.3, -0.25) is 0 Å². The molecule has 78 valence electrons. The molecule has 0 bridgehead atoms. The average Bonchev–Trinajstić information content (AvgIpc) is 2.30. The summed E-state index contributed by atoms with van der Waals surface area (Å²) in [7, 11) is -6.41. The molecule has 0 spiro atoms. The Bertz CT molecular complexity index is 369. The number of alkyl halides is 1.